The number of pyridine rings is 1. The molecule has 6 nitrogen and oxygen atoms in total. The number of hydrogen-bond donors (Lipinski definition) is 1. The molecule has 1 aromatic heterocycles. The Morgan fingerprint density at radius 1 is 0.974 bits per heavy atom. The second-order valence-electron chi connectivity index (χ2n) is 9.21. The maximum atomic E-state index is 13.4. The van der Waals surface area contributed by atoms with E-state index in [1.54, 1.807) is 54.9 Å². The van der Waals surface area contributed by atoms with Gasteiger partial charge in [0.25, 0.3) is 11.7 Å². The van der Waals surface area contributed by atoms with Gasteiger partial charge < -0.3 is 14.7 Å². The molecule has 0 saturated carbocycles. The van der Waals surface area contributed by atoms with Crippen molar-refractivity contribution in [1.82, 2.24) is 9.88 Å². The highest BCUT2D eigenvalue weighted by Gasteiger charge is 2.46. The van der Waals surface area contributed by atoms with Crippen LogP contribution in [-0.2, 0) is 22.7 Å². The average molecular weight is 559 g/mol. The van der Waals surface area contributed by atoms with Gasteiger partial charge in [0.15, 0.2) is 0 Å². The number of aromatic nitrogens is 1. The van der Waals surface area contributed by atoms with Gasteiger partial charge in [0.05, 0.1) is 11.6 Å². The average Bonchev–Trinajstić information content (AvgIpc) is 3.18. The van der Waals surface area contributed by atoms with Crippen molar-refractivity contribution < 1.29 is 19.4 Å². The van der Waals surface area contributed by atoms with E-state index in [1.165, 1.54) is 4.90 Å². The first kappa shape index (κ1) is 26.5. The van der Waals surface area contributed by atoms with Gasteiger partial charge in [0.1, 0.15) is 18.1 Å². The standard InChI is InChI=1S/C31H24Cl2N2O4/c1-19-14-22(9-12-26(19)39-18-20-6-3-2-4-7-20)29(36)27-28(24-11-10-23(32)15-25(24)33)35(31(38)30(27)37)17-21-8-5-13-34-16-21/h2-16,28,36H,17-18H2,1H3/b29-27+. The molecule has 1 N–H and O–H groups in total. The van der Waals surface area contributed by atoms with Crippen LogP contribution in [0.3, 0.4) is 0 Å². The van der Waals surface area contributed by atoms with Gasteiger partial charge in [-0.05, 0) is 65.6 Å². The van der Waals surface area contributed by atoms with Crippen LogP contribution in [0.25, 0.3) is 5.76 Å². The lowest BCUT2D eigenvalue weighted by molar-refractivity contribution is -0.140. The molecular formula is C31H24Cl2N2O4. The number of rotatable bonds is 7. The number of nitrogens with zero attached hydrogens (tertiary/aromatic N) is 2. The maximum Gasteiger partial charge on any atom is 0.295 e. The van der Waals surface area contributed by atoms with Gasteiger partial charge in [0.2, 0.25) is 0 Å². The van der Waals surface area contributed by atoms with Gasteiger partial charge in [-0.25, -0.2) is 0 Å². The monoisotopic (exact) mass is 558 g/mol. The summed E-state index contributed by atoms with van der Waals surface area (Å²) in [5, 5.41) is 12.1. The van der Waals surface area contributed by atoms with Gasteiger partial charge in [0, 0.05) is 34.5 Å². The molecule has 1 aliphatic rings. The van der Waals surface area contributed by atoms with Crippen LogP contribution in [0.4, 0.5) is 0 Å². The molecule has 1 unspecified atom stereocenters. The van der Waals surface area contributed by atoms with Crippen molar-refractivity contribution in [2.45, 2.75) is 26.1 Å². The summed E-state index contributed by atoms with van der Waals surface area (Å²) in [7, 11) is 0. The molecule has 1 fully saturated rings. The van der Waals surface area contributed by atoms with Crippen molar-refractivity contribution in [3.05, 3.63) is 135 Å². The van der Waals surface area contributed by atoms with E-state index in [0.29, 0.717) is 28.5 Å². The van der Waals surface area contributed by atoms with Gasteiger partial charge in [-0.3, -0.25) is 14.6 Å². The molecule has 0 radical (unpaired) electrons. The summed E-state index contributed by atoms with van der Waals surface area (Å²) in [6.45, 7) is 2.34. The predicted molar refractivity (Wildman–Crippen MR) is 150 cm³/mol. The Morgan fingerprint density at radius 2 is 1.74 bits per heavy atom. The van der Waals surface area contributed by atoms with E-state index in [1.807, 2.05) is 43.3 Å². The molecule has 39 heavy (non-hydrogen) atoms. The van der Waals surface area contributed by atoms with E-state index in [0.717, 1.165) is 16.7 Å². The van der Waals surface area contributed by atoms with Crippen molar-refractivity contribution in [2.24, 2.45) is 0 Å². The summed E-state index contributed by atoms with van der Waals surface area (Å²) >= 11 is 12.7. The Hall–Kier alpha value is -4.13. The molecule has 0 bridgehead atoms. The van der Waals surface area contributed by atoms with Crippen LogP contribution in [0.1, 0.15) is 33.9 Å². The van der Waals surface area contributed by atoms with Crippen LogP contribution in [0, 0.1) is 6.92 Å². The highest BCUT2D eigenvalue weighted by atomic mass is 35.5. The number of benzene rings is 3. The van der Waals surface area contributed by atoms with Crippen molar-refractivity contribution in [1.29, 1.82) is 0 Å². The van der Waals surface area contributed by atoms with Crippen molar-refractivity contribution in [2.75, 3.05) is 0 Å². The molecule has 1 atom stereocenters. The molecule has 4 aromatic rings. The van der Waals surface area contributed by atoms with Crippen molar-refractivity contribution in [3.63, 3.8) is 0 Å². The zero-order valence-electron chi connectivity index (χ0n) is 21.0. The van der Waals surface area contributed by atoms with E-state index < -0.39 is 17.7 Å². The summed E-state index contributed by atoms with van der Waals surface area (Å²) in [5.74, 6) is -1.19. The highest BCUT2D eigenvalue weighted by Crippen LogP contribution is 2.43. The largest absolute Gasteiger partial charge is 0.507 e. The Balaban J connectivity index is 1.54. The number of carbonyl (C=O) groups is 2. The topological polar surface area (TPSA) is 79.7 Å². The number of aliphatic hydroxyl groups is 1. The molecule has 0 spiro atoms. The number of halogens is 2. The fourth-order valence-corrected chi connectivity index (χ4v) is 5.14. The van der Waals surface area contributed by atoms with Crippen LogP contribution in [0.5, 0.6) is 5.75 Å². The molecular weight excluding hydrogens is 535 g/mol. The first-order valence-corrected chi connectivity index (χ1v) is 13.0. The Morgan fingerprint density at radius 3 is 2.44 bits per heavy atom. The number of Topliss-reactive ketones (excluding diaryl/α,β-unsaturated/α-hetero) is 1. The maximum absolute atomic E-state index is 13.4. The third-order valence-corrected chi connectivity index (χ3v) is 7.12. The van der Waals surface area contributed by atoms with Crippen LogP contribution >= 0.6 is 23.2 Å². The third-order valence-electron chi connectivity index (χ3n) is 6.56. The molecule has 5 rings (SSSR count). The third kappa shape index (κ3) is 5.53. The van der Waals surface area contributed by atoms with E-state index in [-0.39, 0.29) is 22.9 Å². The first-order chi connectivity index (χ1) is 18.8. The smallest absolute Gasteiger partial charge is 0.295 e. The molecule has 1 saturated heterocycles. The van der Waals surface area contributed by atoms with Crippen molar-refractivity contribution >= 4 is 40.7 Å². The second kappa shape index (κ2) is 11.3. The first-order valence-electron chi connectivity index (χ1n) is 12.2. The zero-order chi connectivity index (χ0) is 27.5. The summed E-state index contributed by atoms with van der Waals surface area (Å²) < 4.78 is 5.96. The Bertz CT molecular complexity index is 1570. The number of aliphatic hydroxyl groups excluding tert-OH is 1. The summed E-state index contributed by atoms with van der Waals surface area (Å²) in [6, 6.07) is 22.4. The lowest BCUT2D eigenvalue weighted by Gasteiger charge is -2.26. The van der Waals surface area contributed by atoms with Crippen molar-refractivity contribution in [3.8, 4) is 5.75 Å². The normalized spacial score (nSPS) is 16.5. The van der Waals surface area contributed by atoms with E-state index >= 15 is 0 Å². The number of amides is 1. The number of carbonyl (C=O) groups excluding carboxylic acids is 2. The van der Waals surface area contributed by atoms with Crippen LogP contribution in [0.2, 0.25) is 10.0 Å². The second-order valence-corrected chi connectivity index (χ2v) is 10.1. The fourth-order valence-electron chi connectivity index (χ4n) is 4.63. The van der Waals surface area contributed by atoms with Gasteiger partial charge in [-0.2, -0.15) is 0 Å². The number of ketones is 1. The zero-order valence-corrected chi connectivity index (χ0v) is 22.5. The molecule has 8 heteroatoms. The number of aryl methyl sites for hydroxylation is 1. The van der Waals surface area contributed by atoms with Crippen LogP contribution < -0.4 is 4.74 Å². The lowest BCUT2D eigenvalue weighted by Crippen LogP contribution is -2.29. The molecule has 3 aromatic carbocycles. The van der Waals surface area contributed by atoms with Gasteiger partial charge in [-0.1, -0.05) is 65.7 Å². The molecule has 196 valence electrons. The number of likely N-dealkylation sites (tertiary alicyclic amines) is 1. The SMILES string of the molecule is Cc1cc(/C(O)=C2\C(=O)C(=O)N(Cc3cccnc3)C2c2ccc(Cl)cc2Cl)ccc1OCc1ccccc1. The molecule has 0 aliphatic carbocycles. The predicted octanol–water partition coefficient (Wildman–Crippen LogP) is 6.90. The summed E-state index contributed by atoms with van der Waals surface area (Å²) in [4.78, 5) is 32.2. The summed E-state index contributed by atoms with van der Waals surface area (Å²) in [5.41, 5.74) is 3.33. The highest BCUT2D eigenvalue weighted by molar-refractivity contribution is 6.47. The quantitative estimate of drug-likeness (QED) is 0.151. The van der Waals surface area contributed by atoms with E-state index in [9.17, 15) is 14.7 Å². The minimum atomic E-state index is -0.927. The Kier molecular flexibility index (Phi) is 7.68. The number of hydrogen-bond acceptors (Lipinski definition) is 5. The molecule has 1 amide bonds. The molecule has 2 heterocycles. The lowest BCUT2D eigenvalue weighted by atomic mass is 9.94. The minimum Gasteiger partial charge on any atom is -0.507 e. The van der Waals surface area contributed by atoms with E-state index in [4.69, 9.17) is 27.9 Å². The van der Waals surface area contributed by atoms with E-state index in [2.05, 4.69) is 4.98 Å². The fraction of sp³-hybridized carbons (Fsp3) is 0.129. The summed E-state index contributed by atoms with van der Waals surface area (Å²) in [6.07, 6.45) is 3.25. The van der Waals surface area contributed by atoms with Gasteiger partial charge in [-0.15, -0.1) is 0 Å². The minimum absolute atomic E-state index is 0.0505. The van der Waals surface area contributed by atoms with Crippen LogP contribution in [0.15, 0.2) is 96.8 Å². The Labute approximate surface area is 236 Å². The number of ether oxygens (including phenoxy) is 1. The van der Waals surface area contributed by atoms with Gasteiger partial charge >= 0.3 is 0 Å². The molecule has 1 aliphatic heterocycles. The van der Waals surface area contributed by atoms with Crippen LogP contribution in [-0.4, -0.2) is 26.7 Å².